The van der Waals surface area contributed by atoms with Gasteiger partial charge < -0.3 is 9.73 Å². The zero-order valence-corrected chi connectivity index (χ0v) is 36.0. The van der Waals surface area contributed by atoms with E-state index in [2.05, 4.69) is 10.2 Å². The van der Waals surface area contributed by atoms with Gasteiger partial charge in [0.05, 0.1) is 41.5 Å². The third-order valence-electron chi connectivity index (χ3n) is 11.0. The van der Waals surface area contributed by atoms with Gasteiger partial charge in [0.2, 0.25) is 25.9 Å². The normalized spacial score (nSPS) is 15.1. The Kier molecular flexibility index (Phi) is 16.1. The van der Waals surface area contributed by atoms with Crippen molar-refractivity contribution in [2.24, 2.45) is 0 Å². The molecule has 1 heterocycles. The smallest absolute Gasteiger partial charge is 0.315 e. The van der Waals surface area contributed by atoms with Crippen LogP contribution < -0.4 is 13.9 Å². The highest BCUT2D eigenvalue weighted by Crippen LogP contribution is 2.33. The van der Waals surface area contributed by atoms with Crippen molar-refractivity contribution < 1.29 is 48.4 Å². The monoisotopic (exact) mass is 911 g/mol. The Morgan fingerprint density at radius 2 is 1.06 bits per heavy atom. The van der Waals surface area contributed by atoms with Gasteiger partial charge in [0.15, 0.2) is 5.78 Å². The van der Waals surface area contributed by atoms with Gasteiger partial charge >= 0.3 is 12.9 Å². The lowest BCUT2D eigenvalue weighted by atomic mass is 10.0. The number of nitrogens with one attached hydrogen (secondary N) is 1. The van der Waals surface area contributed by atoms with Crippen LogP contribution in [0.2, 0.25) is 0 Å². The fourth-order valence-corrected chi connectivity index (χ4v) is 11.7. The summed E-state index contributed by atoms with van der Waals surface area (Å²) >= 11 is 0. The molecule has 63 heavy (non-hydrogen) atoms. The summed E-state index contributed by atoms with van der Waals surface area (Å²) in [4.78, 5) is 23.1. The first-order valence-electron chi connectivity index (χ1n) is 20.8. The number of sulfonamides is 2. The molecule has 7 rings (SSSR count). The Morgan fingerprint density at radius 1 is 0.619 bits per heavy atom. The highest BCUT2D eigenvalue weighted by molar-refractivity contribution is 7.93. The fraction of sp³-hybridized carbons (Fsp3) is 0.378. The van der Waals surface area contributed by atoms with Gasteiger partial charge in [-0.2, -0.15) is 17.6 Å². The van der Waals surface area contributed by atoms with E-state index in [0.717, 1.165) is 44.1 Å². The second kappa shape index (κ2) is 21.6. The molecule has 0 saturated heterocycles. The number of hydrogen-bond acceptors (Lipinski definition) is 9. The van der Waals surface area contributed by atoms with Crippen molar-refractivity contribution in [2.75, 3.05) is 15.2 Å². The number of anilines is 2. The molecule has 2 saturated carbocycles. The number of carbonyl (C=O) groups excluding carboxylic acids is 2. The SMILES string of the molecule is O=C(CNC(=O)C(F)F)c1ccc(CN(c2ccccc2)S(=O)(=O)C2CCCCC2)cc1.O=S(=O)(C1CCCCC1)N(Cc1ccc(-c2nnc(C(F)F)o2)cc1)c1ccccc1. The number of nitrogens with zero attached hydrogens (tertiary/aromatic N) is 4. The van der Waals surface area contributed by atoms with Crippen LogP contribution in [0.25, 0.3) is 11.5 Å². The van der Waals surface area contributed by atoms with Gasteiger partial charge in [-0.1, -0.05) is 111 Å². The van der Waals surface area contributed by atoms with E-state index >= 15 is 0 Å². The third kappa shape index (κ3) is 12.3. The highest BCUT2D eigenvalue weighted by atomic mass is 32.2. The number of halogens is 4. The van der Waals surface area contributed by atoms with Crippen LogP contribution in [0.3, 0.4) is 0 Å². The molecule has 0 radical (unpaired) electrons. The molecule has 5 aromatic rings. The Hall–Kier alpha value is -5.62. The van der Waals surface area contributed by atoms with Crippen molar-refractivity contribution in [3.05, 3.63) is 132 Å². The van der Waals surface area contributed by atoms with Crippen LogP contribution in [-0.4, -0.2) is 62.2 Å². The third-order valence-corrected chi connectivity index (χ3v) is 15.6. The number of benzene rings is 4. The van der Waals surface area contributed by atoms with Crippen LogP contribution in [-0.2, 0) is 37.9 Å². The van der Waals surface area contributed by atoms with Crippen molar-refractivity contribution in [3.63, 3.8) is 0 Å². The lowest BCUT2D eigenvalue weighted by Crippen LogP contribution is -2.39. The van der Waals surface area contributed by atoms with E-state index in [9.17, 15) is 44.0 Å². The minimum absolute atomic E-state index is 0.00315. The van der Waals surface area contributed by atoms with Crippen molar-refractivity contribution in [2.45, 2.75) is 101 Å². The number of alkyl halides is 4. The highest BCUT2D eigenvalue weighted by Gasteiger charge is 2.35. The zero-order valence-electron chi connectivity index (χ0n) is 34.4. The topological polar surface area (TPSA) is 160 Å². The number of para-hydroxylation sites is 2. The van der Waals surface area contributed by atoms with Crippen molar-refractivity contribution in [3.8, 4) is 11.5 Å². The summed E-state index contributed by atoms with van der Waals surface area (Å²) in [6.07, 6.45) is 2.38. The minimum Gasteiger partial charge on any atom is -0.415 e. The molecule has 0 spiro atoms. The largest absolute Gasteiger partial charge is 0.415 e. The molecule has 1 aromatic heterocycles. The predicted molar refractivity (Wildman–Crippen MR) is 231 cm³/mol. The number of carbonyl (C=O) groups is 2. The Balaban J connectivity index is 0.000000210. The number of rotatable bonds is 16. The van der Waals surface area contributed by atoms with E-state index in [-0.39, 0.29) is 29.8 Å². The number of hydrogen-bond donors (Lipinski definition) is 1. The summed E-state index contributed by atoms with van der Waals surface area (Å²) in [5.41, 5.74) is 3.37. The molecule has 0 aliphatic heterocycles. The summed E-state index contributed by atoms with van der Waals surface area (Å²) in [6.45, 7) is -0.247. The van der Waals surface area contributed by atoms with Crippen LogP contribution in [0.5, 0.6) is 0 Å². The Morgan fingerprint density at radius 3 is 1.48 bits per heavy atom. The average Bonchev–Trinajstić information content (AvgIpc) is 3.82. The quantitative estimate of drug-likeness (QED) is 0.0752. The summed E-state index contributed by atoms with van der Waals surface area (Å²) in [6, 6.07) is 31.0. The second-order valence-electron chi connectivity index (χ2n) is 15.4. The number of ketones is 1. The average molecular weight is 912 g/mol. The zero-order chi connectivity index (χ0) is 45.0. The van der Waals surface area contributed by atoms with Gasteiger partial charge in [0, 0.05) is 11.1 Å². The molecule has 0 unspecified atom stereocenters. The standard InChI is InChI=1S/C23H26F2N2O4S.C22H23F2N3O3S/c24-22(25)23(29)26-15-21(28)18-13-11-17(12-14-18)16-27(19-7-3-1-4-8-19)32(30,31)20-9-5-2-6-10-20;23-20(24)22-26-25-21(30-22)17-13-11-16(12-14-17)15-27(18-7-3-1-4-8-18)31(28,29)19-9-5-2-6-10-19/h1,3-4,7-8,11-14,20,22H,2,5-6,9-10,15-16H2,(H,26,29);1,3-4,7-8,11-14,19-20H,2,5-6,9-10,15H2. The summed E-state index contributed by atoms with van der Waals surface area (Å²) in [5, 5.41) is 8.05. The first-order chi connectivity index (χ1) is 30.2. The van der Waals surface area contributed by atoms with Gasteiger partial charge in [-0.3, -0.25) is 18.2 Å². The number of aromatic nitrogens is 2. The van der Waals surface area contributed by atoms with E-state index in [1.165, 1.54) is 20.7 Å². The van der Waals surface area contributed by atoms with E-state index in [4.69, 9.17) is 4.42 Å². The first-order valence-corrected chi connectivity index (χ1v) is 23.8. The molecule has 4 aromatic carbocycles. The molecular formula is C45H49F4N5O7S2. The van der Waals surface area contributed by atoms with Crippen molar-refractivity contribution >= 4 is 43.1 Å². The van der Waals surface area contributed by atoms with E-state index in [1.54, 1.807) is 72.8 Å². The Labute approximate surface area is 364 Å². The lowest BCUT2D eigenvalue weighted by Gasteiger charge is -2.31. The van der Waals surface area contributed by atoms with Crippen molar-refractivity contribution in [1.29, 1.82) is 0 Å². The molecule has 18 heteroatoms. The molecule has 1 N–H and O–H groups in total. The molecule has 0 atom stereocenters. The maximum absolute atomic E-state index is 13.5. The van der Waals surface area contributed by atoms with Crippen LogP contribution in [0.15, 0.2) is 114 Å². The molecule has 336 valence electrons. The summed E-state index contributed by atoms with van der Waals surface area (Å²) in [5.74, 6) is -2.74. The lowest BCUT2D eigenvalue weighted by molar-refractivity contribution is -0.131. The van der Waals surface area contributed by atoms with Crippen LogP contribution in [0.4, 0.5) is 28.9 Å². The molecule has 1 amide bonds. The van der Waals surface area contributed by atoms with Crippen LogP contribution >= 0.6 is 0 Å². The maximum atomic E-state index is 13.5. The molecule has 2 aliphatic carbocycles. The molecule has 2 fully saturated rings. The van der Waals surface area contributed by atoms with Gasteiger partial charge in [-0.15, -0.1) is 10.2 Å². The summed E-state index contributed by atoms with van der Waals surface area (Å²) < 4.78 is 112. The summed E-state index contributed by atoms with van der Waals surface area (Å²) in [7, 11) is -7.11. The number of Topliss-reactive ketones (excluding diaryl/α,β-unsaturated/α-hetero) is 1. The molecule has 12 nitrogen and oxygen atoms in total. The van der Waals surface area contributed by atoms with E-state index in [0.29, 0.717) is 48.2 Å². The maximum Gasteiger partial charge on any atom is 0.315 e. The molecular weight excluding hydrogens is 863 g/mol. The van der Waals surface area contributed by atoms with Gasteiger partial charge in [0.1, 0.15) is 0 Å². The van der Waals surface area contributed by atoms with Gasteiger partial charge in [-0.25, -0.2) is 16.8 Å². The predicted octanol–water partition coefficient (Wildman–Crippen LogP) is 9.26. The molecule has 2 aliphatic rings. The van der Waals surface area contributed by atoms with E-state index in [1.807, 2.05) is 29.6 Å². The molecule has 0 bridgehead atoms. The van der Waals surface area contributed by atoms with Gasteiger partial charge in [-0.05, 0) is 73.2 Å². The van der Waals surface area contributed by atoms with Crippen LogP contribution in [0.1, 0.15) is 98.0 Å². The van der Waals surface area contributed by atoms with E-state index < -0.39 is 62.3 Å². The first kappa shape index (κ1) is 46.9. The van der Waals surface area contributed by atoms with Gasteiger partial charge in [0.25, 0.3) is 11.8 Å². The number of amides is 1. The minimum atomic E-state index is -3.58. The Bertz CT molecular complexity index is 2470. The second-order valence-corrected chi connectivity index (χ2v) is 19.7. The fourth-order valence-electron chi connectivity index (χ4n) is 7.60. The van der Waals surface area contributed by atoms with Crippen LogP contribution in [0, 0.1) is 0 Å². The van der Waals surface area contributed by atoms with Crippen molar-refractivity contribution in [1.82, 2.24) is 15.5 Å².